The third kappa shape index (κ3) is 3.75. The van der Waals surface area contributed by atoms with Crippen LogP contribution in [0.15, 0.2) is 30.9 Å². The smallest absolute Gasteiger partial charge is 0.291 e. The Kier molecular flexibility index (Phi) is 5.48. The van der Waals surface area contributed by atoms with Gasteiger partial charge < -0.3 is 15.7 Å². The van der Waals surface area contributed by atoms with Crippen molar-refractivity contribution in [3.05, 3.63) is 53.6 Å². The zero-order chi connectivity index (χ0) is 25.8. The number of aromatic amines is 1. The average molecular weight is 502 g/mol. The number of aliphatic hydroxyl groups is 1. The first kappa shape index (κ1) is 23.2. The second-order valence-electron chi connectivity index (χ2n) is 9.85. The first-order chi connectivity index (χ1) is 17.8. The SMILES string of the molecule is CC(=O)c1c(C2C[C@H]3CC[C@@H](C2)N3C(=O)c2ncn[nH]2)nc2c(-c3ccc([C@H](C)O)nc3)cnn2c1N. The van der Waals surface area contributed by atoms with Gasteiger partial charge in [-0.1, -0.05) is 6.07 Å². The predicted molar refractivity (Wildman–Crippen MR) is 133 cm³/mol. The minimum atomic E-state index is -0.673. The van der Waals surface area contributed by atoms with Gasteiger partial charge in [-0.05, 0) is 45.6 Å². The summed E-state index contributed by atoms with van der Waals surface area (Å²) in [5.41, 5.74) is 10.2. The number of nitrogens with zero attached hydrogens (tertiary/aromatic N) is 7. The highest BCUT2D eigenvalue weighted by Gasteiger charge is 2.45. The lowest BCUT2D eigenvalue weighted by Crippen LogP contribution is -2.46. The van der Waals surface area contributed by atoms with Crippen molar-refractivity contribution in [2.45, 2.75) is 63.6 Å². The molecular weight excluding hydrogens is 474 g/mol. The Morgan fingerprint density at radius 1 is 1.16 bits per heavy atom. The van der Waals surface area contributed by atoms with Crippen LogP contribution in [-0.4, -0.2) is 68.5 Å². The van der Waals surface area contributed by atoms with Crippen LogP contribution in [0.5, 0.6) is 0 Å². The number of hydrogen-bond donors (Lipinski definition) is 3. The van der Waals surface area contributed by atoms with Crippen LogP contribution in [0.2, 0.25) is 0 Å². The van der Waals surface area contributed by atoms with E-state index < -0.39 is 6.10 Å². The molecule has 190 valence electrons. The molecule has 2 fully saturated rings. The van der Waals surface area contributed by atoms with Crippen molar-refractivity contribution in [3.8, 4) is 11.1 Å². The van der Waals surface area contributed by atoms with Gasteiger partial charge in [0.1, 0.15) is 12.1 Å². The minimum absolute atomic E-state index is 0.0157. The lowest BCUT2D eigenvalue weighted by atomic mass is 9.85. The van der Waals surface area contributed by atoms with Gasteiger partial charge in [-0.3, -0.25) is 19.7 Å². The standard InChI is InChI=1S/C25H27N9O3/c1-12(35)19-6-3-14(9-27-19)18-10-30-34-22(26)20(13(2)36)21(31-24(18)34)15-7-16-4-5-17(8-15)33(16)25(37)23-28-11-29-32-23/h3,6,9-12,15-17,35H,4-5,7-8,26H2,1-2H3,(H,28,29,32)/t12-,15?,16-,17+/m0/s1. The molecule has 12 heteroatoms. The second kappa shape index (κ2) is 8.73. The van der Waals surface area contributed by atoms with Crippen LogP contribution >= 0.6 is 0 Å². The number of amides is 1. The summed E-state index contributed by atoms with van der Waals surface area (Å²) >= 11 is 0. The van der Waals surface area contributed by atoms with Crippen molar-refractivity contribution in [2.24, 2.45) is 0 Å². The number of fused-ring (bicyclic) bond motifs is 3. The maximum absolute atomic E-state index is 13.1. The molecule has 2 saturated heterocycles. The number of ketones is 1. The molecule has 0 saturated carbocycles. The quantitative estimate of drug-likeness (QED) is 0.347. The van der Waals surface area contributed by atoms with Crippen molar-refractivity contribution in [1.29, 1.82) is 0 Å². The van der Waals surface area contributed by atoms with E-state index in [9.17, 15) is 14.7 Å². The summed E-state index contributed by atoms with van der Waals surface area (Å²) in [6.45, 7) is 3.15. The summed E-state index contributed by atoms with van der Waals surface area (Å²) in [7, 11) is 0. The van der Waals surface area contributed by atoms with E-state index in [2.05, 4.69) is 25.3 Å². The number of pyridine rings is 1. The molecule has 2 aliphatic rings. The molecule has 1 amide bonds. The van der Waals surface area contributed by atoms with E-state index in [1.807, 2.05) is 11.0 Å². The van der Waals surface area contributed by atoms with Gasteiger partial charge in [0.25, 0.3) is 5.91 Å². The number of piperidine rings is 1. The largest absolute Gasteiger partial charge is 0.387 e. The van der Waals surface area contributed by atoms with Gasteiger partial charge in [-0.2, -0.15) is 14.7 Å². The lowest BCUT2D eigenvalue weighted by molar-refractivity contribution is 0.0556. The Hall–Kier alpha value is -4.19. The number of Topliss-reactive ketones (excluding diaryl/α,β-unsaturated/α-hetero) is 1. The highest BCUT2D eigenvalue weighted by Crippen LogP contribution is 2.45. The highest BCUT2D eigenvalue weighted by molar-refractivity contribution is 6.00. The van der Waals surface area contributed by atoms with Crippen LogP contribution in [0.3, 0.4) is 0 Å². The fourth-order valence-corrected chi connectivity index (χ4v) is 5.87. The summed E-state index contributed by atoms with van der Waals surface area (Å²) in [6.07, 6.45) is 7.10. The van der Waals surface area contributed by atoms with E-state index in [0.29, 0.717) is 35.4 Å². The van der Waals surface area contributed by atoms with Crippen LogP contribution in [0.25, 0.3) is 16.8 Å². The molecule has 2 bridgehead atoms. The Balaban J connectivity index is 1.40. The number of nitrogen functional groups attached to an aromatic ring is 1. The van der Waals surface area contributed by atoms with Gasteiger partial charge in [-0.25, -0.2) is 9.97 Å². The molecular formula is C25H27N9O3. The maximum atomic E-state index is 13.1. The number of carbonyl (C=O) groups excluding carboxylic acids is 2. The molecule has 1 unspecified atom stereocenters. The molecule has 4 atom stereocenters. The first-order valence-corrected chi connectivity index (χ1v) is 12.3. The number of anilines is 1. The van der Waals surface area contributed by atoms with Gasteiger partial charge in [0.15, 0.2) is 11.4 Å². The number of carbonyl (C=O) groups is 2. The van der Waals surface area contributed by atoms with Gasteiger partial charge in [0, 0.05) is 35.3 Å². The highest BCUT2D eigenvalue weighted by atomic mass is 16.3. The van der Waals surface area contributed by atoms with E-state index in [-0.39, 0.29) is 41.3 Å². The van der Waals surface area contributed by atoms with Crippen molar-refractivity contribution in [1.82, 2.24) is 39.7 Å². The molecule has 37 heavy (non-hydrogen) atoms. The number of rotatable bonds is 5. The number of aromatic nitrogens is 7. The van der Waals surface area contributed by atoms with Crippen molar-refractivity contribution in [2.75, 3.05) is 5.73 Å². The molecule has 0 aliphatic carbocycles. The van der Waals surface area contributed by atoms with Crippen LogP contribution in [0, 0.1) is 0 Å². The van der Waals surface area contributed by atoms with E-state index in [1.165, 1.54) is 17.8 Å². The second-order valence-corrected chi connectivity index (χ2v) is 9.85. The van der Waals surface area contributed by atoms with Crippen LogP contribution < -0.4 is 5.73 Å². The zero-order valence-electron chi connectivity index (χ0n) is 20.5. The molecule has 4 aromatic rings. The monoisotopic (exact) mass is 501 g/mol. The Morgan fingerprint density at radius 2 is 1.92 bits per heavy atom. The number of nitrogens with one attached hydrogen (secondary N) is 1. The zero-order valence-corrected chi connectivity index (χ0v) is 20.5. The minimum Gasteiger partial charge on any atom is -0.387 e. The molecule has 2 aliphatic heterocycles. The van der Waals surface area contributed by atoms with Crippen LogP contribution in [-0.2, 0) is 0 Å². The number of H-pyrrole nitrogens is 1. The summed E-state index contributed by atoms with van der Waals surface area (Å²) in [4.78, 5) is 41.1. The van der Waals surface area contributed by atoms with E-state index in [4.69, 9.17) is 10.7 Å². The normalized spacial score (nSPS) is 21.9. The molecule has 6 rings (SSSR count). The molecule has 0 radical (unpaired) electrons. The fourth-order valence-electron chi connectivity index (χ4n) is 5.87. The topological polar surface area (TPSA) is 168 Å². The molecule has 0 spiro atoms. The lowest BCUT2D eigenvalue weighted by Gasteiger charge is -2.38. The van der Waals surface area contributed by atoms with Crippen molar-refractivity contribution < 1.29 is 14.7 Å². The number of nitrogens with two attached hydrogens (primary N) is 1. The molecule has 6 heterocycles. The van der Waals surface area contributed by atoms with Gasteiger partial charge in [0.2, 0.25) is 5.82 Å². The molecule has 12 nitrogen and oxygen atoms in total. The van der Waals surface area contributed by atoms with Gasteiger partial charge in [0.05, 0.1) is 29.3 Å². The Morgan fingerprint density at radius 3 is 2.51 bits per heavy atom. The maximum Gasteiger partial charge on any atom is 0.291 e. The summed E-state index contributed by atoms with van der Waals surface area (Å²) in [5.74, 6) is 0.127. The number of hydrogen-bond acceptors (Lipinski definition) is 9. The van der Waals surface area contributed by atoms with Crippen molar-refractivity contribution >= 4 is 23.2 Å². The van der Waals surface area contributed by atoms with Crippen LogP contribution in [0.4, 0.5) is 5.82 Å². The summed E-state index contributed by atoms with van der Waals surface area (Å²) in [5, 5.41) is 20.7. The Labute approximate surface area is 211 Å². The van der Waals surface area contributed by atoms with Crippen molar-refractivity contribution in [3.63, 3.8) is 0 Å². The summed E-state index contributed by atoms with van der Waals surface area (Å²) in [6, 6.07) is 3.65. The van der Waals surface area contributed by atoms with E-state index in [0.717, 1.165) is 24.0 Å². The van der Waals surface area contributed by atoms with E-state index >= 15 is 0 Å². The molecule has 0 aromatic carbocycles. The third-order valence-electron chi connectivity index (χ3n) is 7.56. The number of aliphatic hydroxyl groups excluding tert-OH is 1. The first-order valence-electron chi connectivity index (χ1n) is 12.3. The average Bonchev–Trinajstić information content (AvgIpc) is 3.62. The predicted octanol–water partition coefficient (Wildman–Crippen LogP) is 2.30. The molecule has 4 aromatic heterocycles. The van der Waals surface area contributed by atoms with Crippen LogP contribution in [0.1, 0.15) is 83.9 Å². The fraction of sp³-hybridized carbons (Fsp3) is 0.400. The Bertz CT molecular complexity index is 1480. The molecule has 4 N–H and O–H groups in total. The summed E-state index contributed by atoms with van der Waals surface area (Å²) < 4.78 is 1.50. The third-order valence-corrected chi connectivity index (χ3v) is 7.56. The van der Waals surface area contributed by atoms with Gasteiger partial charge in [-0.15, -0.1) is 0 Å². The van der Waals surface area contributed by atoms with Gasteiger partial charge >= 0.3 is 0 Å². The van der Waals surface area contributed by atoms with E-state index in [1.54, 1.807) is 25.4 Å².